The Morgan fingerprint density at radius 3 is 1.69 bits per heavy atom. The molecule has 4 heterocycles. The lowest BCUT2D eigenvalue weighted by atomic mass is 9.92. The molecule has 6 rings (SSSR count). The van der Waals surface area contributed by atoms with Crippen molar-refractivity contribution < 1.29 is 37.5 Å². The first-order valence-corrected chi connectivity index (χ1v) is 18.6. The van der Waals surface area contributed by atoms with E-state index in [2.05, 4.69) is 21.3 Å². The summed E-state index contributed by atoms with van der Waals surface area (Å²) >= 11 is 0. The third-order valence-corrected chi connectivity index (χ3v) is 10.4. The molecule has 286 valence electrons. The zero-order valence-electron chi connectivity index (χ0n) is 31.9. The van der Waals surface area contributed by atoms with Crippen LogP contribution in [-0.2, 0) is 22.6 Å². The monoisotopic (exact) mass is 738 g/mol. The highest BCUT2D eigenvalue weighted by molar-refractivity contribution is 6.05. The molecule has 12 heteroatoms. The van der Waals surface area contributed by atoms with E-state index < -0.39 is 0 Å². The largest absolute Gasteiger partial charge is 0.467 e. The predicted octanol–water partition coefficient (Wildman–Crippen LogP) is 6.14. The number of nitrogens with one attached hydrogen (secondary N) is 4. The lowest BCUT2D eigenvalue weighted by Gasteiger charge is -2.19. The Morgan fingerprint density at radius 1 is 0.630 bits per heavy atom. The van der Waals surface area contributed by atoms with Gasteiger partial charge in [-0.15, -0.1) is 0 Å². The third-order valence-electron chi connectivity index (χ3n) is 10.4. The van der Waals surface area contributed by atoms with Gasteiger partial charge in [0.15, 0.2) is 0 Å². The van der Waals surface area contributed by atoms with Crippen molar-refractivity contribution in [3.05, 3.63) is 116 Å². The number of aryl methyl sites for hydroxylation is 4. The highest BCUT2D eigenvalue weighted by Crippen LogP contribution is 2.34. The lowest BCUT2D eigenvalue weighted by Crippen LogP contribution is -2.35. The van der Waals surface area contributed by atoms with E-state index in [4.69, 9.17) is 18.3 Å². The van der Waals surface area contributed by atoms with Crippen LogP contribution < -0.4 is 21.3 Å². The number of hydrogen-bond donors (Lipinski definition) is 4. The quantitative estimate of drug-likeness (QED) is 0.127. The van der Waals surface area contributed by atoms with Crippen molar-refractivity contribution in [1.29, 1.82) is 0 Å². The van der Waals surface area contributed by atoms with Crippen molar-refractivity contribution in [3.63, 3.8) is 0 Å². The minimum atomic E-state index is -0.304. The minimum Gasteiger partial charge on any atom is -0.467 e. The van der Waals surface area contributed by atoms with Gasteiger partial charge in [-0.25, -0.2) is 0 Å². The van der Waals surface area contributed by atoms with Gasteiger partial charge in [-0.2, -0.15) is 0 Å². The van der Waals surface area contributed by atoms with E-state index in [-0.39, 0.29) is 55.0 Å². The molecular formula is C42H50N4O8. The van der Waals surface area contributed by atoms with Crippen molar-refractivity contribution in [1.82, 2.24) is 21.3 Å². The van der Waals surface area contributed by atoms with Crippen LogP contribution in [0, 0.1) is 41.5 Å². The van der Waals surface area contributed by atoms with E-state index in [0.717, 1.165) is 60.1 Å². The number of hydrogen-bond acceptors (Lipinski definition) is 8. The number of amides is 4. The molecule has 2 fully saturated rings. The first kappa shape index (κ1) is 38.5. The molecule has 2 saturated heterocycles. The summed E-state index contributed by atoms with van der Waals surface area (Å²) in [5.74, 6) is 0.178. The molecular weight excluding hydrogens is 688 g/mol. The molecule has 3 atom stereocenters. The van der Waals surface area contributed by atoms with Gasteiger partial charge in [0.2, 0.25) is 0 Å². The van der Waals surface area contributed by atoms with Crippen LogP contribution in [0.15, 0.2) is 51.7 Å². The molecule has 0 bridgehead atoms. The van der Waals surface area contributed by atoms with E-state index in [1.807, 2.05) is 52.8 Å². The molecule has 0 spiro atoms. The molecule has 54 heavy (non-hydrogen) atoms. The van der Waals surface area contributed by atoms with Gasteiger partial charge in [0.05, 0.1) is 43.9 Å². The fraction of sp³-hybridized carbons (Fsp3) is 0.429. The summed E-state index contributed by atoms with van der Waals surface area (Å²) in [7, 11) is 0. The average Bonchev–Trinajstić information content (AvgIpc) is 3.96. The Balaban J connectivity index is 1.01. The zero-order chi connectivity index (χ0) is 38.5. The summed E-state index contributed by atoms with van der Waals surface area (Å²) in [5.41, 5.74) is 7.22. The summed E-state index contributed by atoms with van der Waals surface area (Å²) in [4.78, 5) is 53.2. The van der Waals surface area contributed by atoms with Crippen molar-refractivity contribution in [2.24, 2.45) is 0 Å². The first-order chi connectivity index (χ1) is 25.9. The fourth-order valence-corrected chi connectivity index (χ4v) is 7.85. The Hall–Kier alpha value is -5.20. The van der Waals surface area contributed by atoms with Gasteiger partial charge in [-0.05, 0) is 119 Å². The Bertz CT molecular complexity index is 2030. The topological polar surface area (TPSA) is 161 Å². The van der Waals surface area contributed by atoms with E-state index >= 15 is 0 Å². The van der Waals surface area contributed by atoms with Gasteiger partial charge < -0.3 is 39.6 Å². The SMILES string of the molecule is Cc1cc(C)c(C(=O)NCc2cc(C3CCC(CNC(=O)c4c(C)cc(C)c(C(=O)NCC5CCCO5)c4C)O3)co2)c(C)c1C(=O)NCc1ccco1. The number of ether oxygens (including phenoxy) is 2. The molecule has 3 unspecified atom stereocenters. The van der Waals surface area contributed by atoms with Gasteiger partial charge in [0.1, 0.15) is 11.5 Å². The number of furan rings is 2. The maximum atomic E-state index is 13.5. The number of benzene rings is 2. The third kappa shape index (κ3) is 8.61. The molecule has 0 radical (unpaired) electrons. The Morgan fingerprint density at radius 2 is 1.17 bits per heavy atom. The summed E-state index contributed by atoms with van der Waals surface area (Å²) in [5, 5.41) is 11.8. The van der Waals surface area contributed by atoms with Crippen molar-refractivity contribution in [3.8, 4) is 0 Å². The lowest BCUT2D eigenvalue weighted by molar-refractivity contribution is 0.0432. The predicted molar refractivity (Wildman–Crippen MR) is 202 cm³/mol. The van der Waals surface area contributed by atoms with Gasteiger partial charge >= 0.3 is 0 Å². The standard InChI is InChI=1S/C42H50N4O8/c1-23-15-25(3)37(27(5)35(23)39(47)43-18-30-9-7-13-51-30)41(49)45-20-32-11-12-34(54-32)29-17-33(53-22-29)21-46-42(50)38-26(4)16-24(2)36(28(38)6)40(48)44-19-31-10-8-14-52-31/h8,10,14-17,22,30,32,34H,7,9,11-13,18-21H2,1-6H3,(H,43,47)(H,44,48)(H,45,49)(H,46,50). The molecule has 0 aliphatic carbocycles. The summed E-state index contributed by atoms with van der Waals surface area (Å²) in [6.07, 6.45) is 6.22. The van der Waals surface area contributed by atoms with Crippen LogP contribution in [0.5, 0.6) is 0 Å². The van der Waals surface area contributed by atoms with Crippen LogP contribution in [0.3, 0.4) is 0 Å². The summed E-state index contributed by atoms with van der Waals surface area (Å²) in [6, 6.07) is 9.15. The van der Waals surface area contributed by atoms with E-state index in [1.165, 1.54) is 0 Å². The van der Waals surface area contributed by atoms with Crippen molar-refractivity contribution in [2.75, 3.05) is 19.7 Å². The molecule has 4 amide bonds. The number of carbonyl (C=O) groups is 4. The molecule has 2 aromatic carbocycles. The molecule has 2 aliphatic rings. The number of rotatable bonds is 13. The second-order valence-corrected chi connectivity index (χ2v) is 14.4. The highest BCUT2D eigenvalue weighted by Gasteiger charge is 2.30. The van der Waals surface area contributed by atoms with Gasteiger partial charge in [0, 0.05) is 47.5 Å². The molecule has 0 saturated carbocycles. The molecule has 2 aliphatic heterocycles. The van der Waals surface area contributed by atoms with E-state index in [9.17, 15) is 19.2 Å². The van der Waals surface area contributed by atoms with E-state index in [1.54, 1.807) is 31.6 Å². The summed E-state index contributed by atoms with van der Waals surface area (Å²) in [6.45, 7) is 13.0. The molecule has 12 nitrogen and oxygen atoms in total. The maximum absolute atomic E-state index is 13.5. The molecule has 4 aromatic rings. The van der Waals surface area contributed by atoms with Gasteiger partial charge in [-0.3, -0.25) is 19.2 Å². The number of carbonyl (C=O) groups excluding carboxylic acids is 4. The van der Waals surface area contributed by atoms with Crippen molar-refractivity contribution in [2.45, 2.75) is 98.6 Å². The van der Waals surface area contributed by atoms with Crippen LogP contribution in [0.25, 0.3) is 0 Å². The smallest absolute Gasteiger partial charge is 0.252 e. The average molecular weight is 739 g/mol. The highest BCUT2D eigenvalue weighted by atomic mass is 16.5. The fourth-order valence-electron chi connectivity index (χ4n) is 7.85. The van der Waals surface area contributed by atoms with Crippen LogP contribution in [0.2, 0.25) is 0 Å². The molecule has 4 N–H and O–H groups in total. The maximum Gasteiger partial charge on any atom is 0.252 e. The first-order valence-electron chi connectivity index (χ1n) is 18.6. The van der Waals surface area contributed by atoms with Crippen LogP contribution in [0.1, 0.15) is 124 Å². The Labute approximate surface area is 315 Å². The summed E-state index contributed by atoms with van der Waals surface area (Å²) < 4.78 is 23.1. The van der Waals surface area contributed by atoms with E-state index in [0.29, 0.717) is 58.0 Å². The molecule has 2 aromatic heterocycles. The normalized spacial score (nSPS) is 18.1. The second-order valence-electron chi connectivity index (χ2n) is 14.4. The minimum absolute atomic E-state index is 0.0284. The van der Waals surface area contributed by atoms with Crippen LogP contribution in [0.4, 0.5) is 0 Å². The Kier molecular flexibility index (Phi) is 12.0. The van der Waals surface area contributed by atoms with Gasteiger partial charge in [0.25, 0.3) is 23.6 Å². The second kappa shape index (κ2) is 16.9. The van der Waals surface area contributed by atoms with Crippen molar-refractivity contribution >= 4 is 23.6 Å². The van der Waals surface area contributed by atoms with Crippen LogP contribution in [-0.4, -0.2) is 55.5 Å². The van der Waals surface area contributed by atoms with Gasteiger partial charge in [-0.1, -0.05) is 12.1 Å². The van der Waals surface area contributed by atoms with Crippen LogP contribution >= 0.6 is 0 Å². The zero-order valence-corrected chi connectivity index (χ0v) is 31.9.